The fraction of sp³-hybridized carbons (Fsp3) is 0.917. The van der Waals surface area contributed by atoms with Crippen LogP contribution in [0.3, 0.4) is 0 Å². The molecule has 84 valence electrons. The van der Waals surface area contributed by atoms with Gasteiger partial charge in [-0.2, -0.15) is 0 Å². The molecule has 2 heteroatoms. The van der Waals surface area contributed by atoms with E-state index < -0.39 is 0 Å². The predicted molar refractivity (Wildman–Crippen MR) is 59.1 cm³/mol. The zero-order chi connectivity index (χ0) is 11.0. The minimum atomic E-state index is -0.0394. The second-order valence-electron chi connectivity index (χ2n) is 4.69. The Morgan fingerprint density at radius 1 is 1.07 bits per heavy atom. The van der Waals surface area contributed by atoms with Crippen LogP contribution in [-0.4, -0.2) is 12.6 Å². The zero-order valence-electron chi connectivity index (χ0n) is 10.0. The first kappa shape index (κ1) is 13.5. The Hall–Kier alpha value is -0.530. The van der Waals surface area contributed by atoms with Crippen LogP contribution >= 0.6 is 0 Å². The smallest absolute Gasteiger partial charge is 0.305 e. The van der Waals surface area contributed by atoms with Gasteiger partial charge in [0.1, 0.15) is 0 Å². The minimum absolute atomic E-state index is 0.0394. The van der Waals surface area contributed by atoms with E-state index in [0.717, 1.165) is 19.3 Å². The van der Waals surface area contributed by atoms with E-state index in [9.17, 15) is 4.79 Å². The highest BCUT2D eigenvalue weighted by Gasteiger charge is 2.04. The molecule has 0 amide bonds. The molecule has 0 aromatic carbocycles. The molecule has 0 saturated heterocycles. The molecule has 0 saturated carbocycles. The van der Waals surface area contributed by atoms with Crippen LogP contribution < -0.4 is 0 Å². The second-order valence-corrected chi connectivity index (χ2v) is 4.69. The van der Waals surface area contributed by atoms with Crippen molar-refractivity contribution in [3.63, 3.8) is 0 Å². The Labute approximate surface area is 88.0 Å². The van der Waals surface area contributed by atoms with Crippen LogP contribution in [0.5, 0.6) is 0 Å². The van der Waals surface area contributed by atoms with Crippen molar-refractivity contribution < 1.29 is 9.53 Å². The van der Waals surface area contributed by atoms with Gasteiger partial charge in [-0.25, -0.2) is 0 Å². The molecule has 14 heavy (non-hydrogen) atoms. The summed E-state index contributed by atoms with van der Waals surface area (Å²) in [4.78, 5) is 11.2. The molecule has 0 fully saturated rings. The van der Waals surface area contributed by atoms with Gasteiger partial charge in [-0.3, -0.25) is 4.79 Å². The van der Waals surface area contributed by atoms with Gasteiger partial charge in [0.05, 0.1) is 6.61 Å². The van der Waals surface area contributed by atoms with Gasteiger partial charge in [-0.15, -0.1) is 0 Å². The molecule has 0 aliphatic rings. The van der Waals surface area contributed by atoms with Crippen LogP contribution in [0.25, 0.3) is 0 Å². The molecule has 0 N–H and O–H groups in total. The Morgan fingerprint density at radius 3 is 2.14 bits per heavy atom. The highest BCUT2D eigenvalue weighted by molar-refractivity contribution is 5.69. The lowest BCUT2D eigenvalue weighted by atomic mass is 10.1. The lowest BCUT2D eigenvalue weighted by Crippen LogP contribution is -2.07. The number of hydrogen-bond donors (Lipinski definition) is 0. The number of ether oxygens (including phenoxy) is 1. The topological polar surface area (TPSA) is 26.3 Å². The average molecular weight is 200 g/mol. The molecule has 0 aliphatic heterocycles. The highest BCUT2D eigenvalue weighted by atomic mass is 16.5. The summed E-state index contributed by atoms with van der Waals surface area (Å²) < 4.78 is 5.10. The van der Waals surface area contributed by atoms with E-state index in [2.05, 4.69) is 27.7 Å². The van der Waals surface area contributed by atoms with Gasteiger partial charge in [-0.05, 0) is 31.1 Å². The van der Waals surface area contributed by atoms with E-state index in [1.54, 1.807) is 0 Å². The first-order valence-corrected chi connectivity index (χ1v) is 5.68. The number of rotatable bonds is 7. The molecule has 0 heterocycles. The Kier molecular flexibility index (Phi) is 7.54. The maximum atomic E-state index is 11.2. The van der Waals surface area contributed by atoms with Crippen molar-refractivity contribution in [2.24, 2.45) is 11.8 Å². The molecule has 0 aliphatic carbocycles. The quantitative estimate of drug-likeness (QED) is 0.465. The summed E-state index contributed by atoms with van der Waals surface area (Å²) in [6, 6.07) is 0. The van der Waals surface area contributed by atoms with Gasteiger partial charge in [0.15, 0.2) is 0 Å². The van der Waals surface area contributed by atoms with Crippen LogP contribution in [-0.2, 0) is 9.53 Å². The standard InChI is InChI=1S/C12H24O2/c1-10(2)6-5-9-14-12(13)8-7-11(3)4/h10-11H,5-9H2,1-4H3. The molecule has 0 unspecified atom stereocenters. The molecule has 0 rings (SSSR count). The van der Waals surface area contributed by atoms with Crippen LogP contribution in [0.2, 0.25) is 0 Å². The van der Waals surface area contributed by atoms with Crippen molar-refractivity contribution in [2.45, 2.75) is 53.4 Å². The lowest BCUT2D eigenvalue weighted by molar-refractivity contribution is -0.144. The van der Waals surface area contributed by atoms with Gasteiger partial charge >= 0.3 is 5.97 Å². The van der Waals surface area contributed by atoms with E-state index in [0.29, 0.717) is 24.9 Å². The highest BCUT2D eigenvalue weighted by Crippen LogP contribution is 2.06. The summed E-state index contributed by atoms with van der Waals surface area (Å²) in [6.45, 7) is 9.19. The fourth-order valence-electron chi connectivity index (χ4n) is 1.16. The van der Waals surface area contributed by atoms with E-state index in [1.807, 2.05) is 0 Å². The predicted octanol–water partition coefficient (Wildman–Crippen LogP) is 3.40. The van der Waals surface area contributed by atoms with Crippen molar-refractivity contribution in [1.29, 1.82) is 0 Å². The van der Waals surface area contributed by atoms with Crippen LogP contribution in [0.4, 0.5) is 0 Å². The summed E-state index contributed by atoms with van der Waals surface area (Å²) in [5.41, 5.74) is 0. The Morgan fingerprint density at radius 2 is 1.64 bits per heavy atom. The monoisotopic (exact) mass is 200 g/mol. The summed E-state index contributed by atoms with van der Waals surface area (Å²) in [7, 11) is 0. The molecule has 0 bridgehead atoms. The molecule has 0 aromatic heterocycles. The van der Waals surface area contributed by atoms with Crippen molar-refractivity contribution in [1.82, 2.24) is 0 Å². The second kappa shape index (κ2) is 7.84. The molecular formula is C12H24O2. The summed E-state index contributed by atoms with van der Waals surface area (Å²) in [5, 5.41) is 0. The van der Waals surface area contributed by atoms with Crippen LogP contribution in [0, 0.1) is 11.8 Å². The van der Waals surface area contributed by atoms with Crippen molar-refractivity contribution >= 4 is 5.97 Å². The number of hydrogen-bond acceptors (Lipinski definition) is 2. The Bertz CT molecular complexity index is 150. The third kappa shape index (κ3) is 9.56. The minimum Gasteiger partial charge on any atom is -0.466 e. The molecule has 0 atom stereocenters. The lowest BCUT2D eigenvalue weighted by Gasteiger charge is -2.07. The van der Waals surface area contributed by atoms with Crippen molar-refractivity contribution in [3.05, 3.63) is 0 Å². The zero-order valence-corrected chi connectivity index (χ0v) is 10.0. The van der Waals surface area contributed by atoms with Gasteiger partial charge in [0, 0.05) is 6.42 Å². The summed E-state index contributed by atoms with van der Waals surface area (Å²) in [5.74, 6) is 1.24. The third-order valence-corrected chi connectivity index (χ3v) is 2.11. The maximum absolute atomic E-state index is 11.2. The summed E-state index contributed by atoms with van der Waals surface area (Å²) >= 11 is 0. The van der Waals surface area contributed by atoms with Gasteiger partial charge < -0.3 is 4.74 Å². The number of carbonyl (C=O) groups is 1. The molecule has 2 nitrogen and oxygen atoms in total. The van der Waals surface area contributed by atoms with Gasteiger partial charge in [0.2, 0.25) is 0 Å². The summed E-state index contributed by atoms with van der Waals surface area (Å²) in [6.07, 6.45) is 3.63. The van der Waals surface area contributed by atoms with E-state index in [4.69, 9.17) is 4.74 Å². The van der Waals surface area contributed by atoms with Crippen molar-refractivity contribution in [2.75, 3.05) is 6.61 Å². The molecule has 0 spiro atoms. The normalized spacial score (nSPS) is 11.0. The first-order chi connectivity index (χ1) is 6.52. The van der Waals surface area contributed by atoms with Crippen LogP contribution in [0.1, 0.15) is 53.4 Å². The maximum Gasteiger partial charge on any atom is 0.305 e. The van der Waals surface area contributed by atoms with E-state index in [1.165, 1.54) is 0 Å². The molecule has 0 aromatic rings. The Balaban J connectivity index is 3.27. The SMILES string of the molecule is CC(C)CCCOC(=O)CCC(C)C. The fourth-order valence-corrected chi connectivity index (χ4v) is 1.16. The third-order valence-electron chi connectivity index (χ3n) is 2.11. The number of esters is 1. The first-order valence-electron chi connectivity index (χ1n) is 5.68. The van der Waals surface area contributed by atoms with Gasteiger partial charge in [0.25, 0.3) is 0 Å². The van der Waals surface area contributed by atoms with Crippen molar-refractivity contribution in [3.8, 4) is 0 Å². The number of carbonyl (C=O) groups excluding carboxylic acids is 1. The van der Waals surface area contributed by atoms with Gasteiger partial charge in [-0.1, -0.05) is 27.7 Å². The largest absolute Gasteiger partial charge is 0.466 e. The van der Waals surface area contributed by atoms with Crippen LogP contribution in [0.15, 0.2) is 0 Å². The average Bonchev–Trinajstić information content (AvgIpc) is 2.08. The van der Waals surface area contributed by atoms with E-state index in [-0.39, 0.29) is 5.97 Å². The molecule has 0 radical (unpaired) electrons. The molecular weight excluding hydrogens is 176 g/mol. The van der Waals surface area contributed by atoms with E-state index >= 15 is 0 Å².